The van der Waals surface area contributed by atoms with E-state index in [1.807, 2.05) is 31.2 Å². The minimum atomic E-state index is -0.445. The molecule has 2 heterocycles. The third-order valence-corrected chi connectivity index (χ3v) is 4.13. The maximum Gasteiger partial charge on any atom is 0.274 e. The van der Waals surface area contributed by atoms with Gasteiger partial charge in [-0.25, -0.2) is 0 Å². The maximum atomic E-state index is 12.3. The lowest BCUT2D eigenvalue weighted by Crippen LogP contribution is -2.37. The highest BCUT2D eigenvalue weighted by Crippen LogP contribution is 2.23. The first-order valence-corrected chi connectivity index (χ1v) is 7.73. The normalized spacial score (nSPS) is 17.4. The van der Waals surface area contributed by atoms with Crippen LogP contribution in [0.25, 0.3) is 0 Å². The number of aromatic nitrogens is 1. The number of nitrogens with one attached hydrogen (secondary N) is 1. The van der Waals surface area contributed by atoms with E-state index in [9.17, 15) is 14.7 Å². The highest BCUT2D eigenvalue weighted by atomic mass is 16.5. The van der Waals surface area contributed by atoms with E-state index in [1.54, 1.807) is 11.8 Å². The summed E-state index contributed by atoms with van der Waals surface area (Å²) in [5.41, 5.74) is 2.33. The van der Waals surface area contributed by atoms with Gasteiger partial charge in [-0.2, -0.15) is 0 Å². The molecule has 7 heteroatoms. The fourth-order valence-electron chi connectivity index (χ4n) is 2.86. The SMILES string of the molecule is Cc1cccc(N2C[C@@H](NC(=O)c3noc(C)c3CO)CC2=O)c1. The molecule has 0 saturated carbocycles. The molecule has 3 rings (SSSR count). The molecule has 2 amide bonds. The molecule has 0 aliphatic carbocycles. The standard InChI is InChI=1S/C17H19N3O4/c1-10-4-3-5-13(6-10)20-8-12(7-15(20)22)18-17(23)16-14(9-21)11(2)24-19-16/h3-6,12,21H,7-9H2,1-2H3,(H,18,23)/t12-/m0/s1. The zero-order valence-corrected chi connectivity index (χ0v) is 13.6. The Balaban J connectivity index is 1.71. The van der Waals surface area contributed by atoms with Crippen LogP contribution in [0.3, 0.4) is 0 Å². The van der Waals surface area contributed by atoms with Crippen LogP contribution in [0.1, 0.15) is 33.8 Å². The molecule has 24 heavy (non-hydrogen) atoms. The van der Waals surface area contributed by atoms with Gasteiger partial charge in [0.2, 0.25) is 5.91 Å². The second-order valence-electron chi connectivity index (χ2n) is 5.94. The predicted molar refractivity (Wildman–Crippen MR) is 86.6 cm³/mol. The maximum absolute atomic E-state index is 12.3. The number of amides is 2. The van der Waals surface area contributed by atoms with E-state index < -0.39 is 5.91 Å². The molecular formula is C17H19N3O4. The smallest absolute Gasteiger partial charge is 0.274 e. The van der Waals surface area contributed by atoms with Gasteiger partial charge in [0, 0.05) is 18.7 Å². The molecule has 1 aromatic carbocycles. The van der Waals surface area contributed by atoms with Crippen molar-refractivity contribution in [2.75, 3.05) is 11.4 Å². The van der Waals surface area contributed by atoms with Gasteiger partial charge in [-0.05, 0) is 31.5 Å². The average molecular weight is 329 g/mol. The van der Waals surface area contributed by atoms with Crippen LogP contribution in [0, 0.1) is 13.8 Å². The zero-order valence-electron chi connectivity index (χ0n) is 13.6. The summed E-state index contributed by atoms with van der Waals surface area (Å²) in [6.45, 7) is 3.68. The number of hydrogen-bond donors (Lipinski definition) is 2. The van der Waals surface area contributed by atoms with Crippen LogP contribution >= 0.6 is 0 Å². The van der Waals surface area contributed by atoms with Gasteiger partial charge < -0.3 is 19.8 Å². The number of aliphatic hydroxyl groups excluding tert-OH is 1. The summed E-state index contributed by atoms with van der Waals surface area (Å²) in [6.07, 6.45) is 0.227. The quantitative estimate of drug-likeness (QED) is 0.882. The van der Waals surface area contributed by atoms with Crippen LogP contribution in [0.15, 0.2) is 28.8 Å². The number of rotatable bonds is 4. The van der Waals surface area contributed by atoms with E-state index >= 15 is 0 Å². The summed E-state index contributed by atoms with van der Waals surface area (Å²) in [7, 11) is 0. The molecule has 0 unspecified atom stereocenters. The lowest BCUT2D eigenvalue weighted by atomic mass is 10.2. The van der Waals surface area contributed by atoms with Gasteiger partial charge in [-0.1, -0.05) is 17.3 Å². The van der Waals surface area contributed by atoms with Crippen molar-refractivity contribution in [3.63, 3.8) is 0 Å². The number of anilines is 1. The van der Waals surface area contributed by atoms with Gasteiger partial charge in [0.15, 0.2) is 5.69 Å². The summed E-state index contributed by atoms with van der Waals surface area (Å²) in [5.74, 6) is -0.0732. The predicted octanol–water partition coefficient (Wildman–Crippen LogP) is 1.32. The van der Waals surface area contributed by atoms with E-state index in [1.165, 1.54) is 0 Å². The number of hydrogen-bond acceptors (Lipinski definition) is 5. The third kappa shape index (κ3) is 3.03. The molecule has 7 nitrogen and oxygen atoms in total. The van der Waals surface area contributed by atoms with Gasteiger partial charge in [-0.15, -0.1) is 0 Å². The van der Waals surface area contributed by atoms with Gasteiger partial charge >= 0.3 is 0 Å². The van der Waals surface area contributed by atoms with E-state index in [0.717, 1.165) is 11.3 Å². The van der Waals surface area contributed by atoms with Crippen molar-refractivity contribution < 1.29 is 19.2 Å². The first kappa shape index (κ1) is 16.2. The molecule has 1 aliphatic heterocycles. The Bertz CT molecular complexity index is 784. The molecule has 2 N–H and O–H groups in total. The van der Waals surface area contributed by atoms with Crippen LogP contribution in [0.4, 0.5) is 5.69 Å². The van der Waals surface area contributed by atoms with Crippen molar-refractivity contribution in [2.24, 2.45) is 0 Å². The van der Waals surface area contributed by atoms with Gasteiger partial charge in [0.25, 0.3) is 5.91 Å². The van der Waals surface area contributed by atoms with E-state index in [-0.39, 0.29) is 30.7 Å². The number of aliphatic hydroxyl groups is 1. The molecule has 0 bridgehead atoms. The van der Waals surface area contributed by atoms with Crippen molar-refractivity contribution >= 4 is 17.5 Å². The topological polar surface area (TPSA) is 95.7 Å². The Kier molecular flexibility index (Phi) is 4.35. The first-order chi connectivity index (χ1) is 11.5. The summed E-state index contributed by atoms with van der Waals surface area (Å²) < 4.78 is 4.95. The van der Waals surface area contributed by atoms with Crippen LogP contribution in [-0.4, -0.2) is 34.7 Å². The Morgan fingerprint density at radius 3 is 2.96 bits per heavy atom. The minimum Gasteiger partial charge on any atom is -0.391 e. The molecule has 1 atom stereocenters. The van der Waals surface area contributed by atoms with Gasteiger partial charge in [-0.3, -0.25) is 9.59 Å². The van der Waals surface area contributed by atoms with Crippen molar-refractivity contribution in [1.82, 2.24) is 10.5 Å². The monoisotopic (exact) mass is 329 g/mol. The van der Waals surface area contributed by atoms with Crippen molar-refractivity contribution in [3.05, 3.63) is 46.8 Å². The van der Waals surface area contributed by atoms with Crippen molar-refractivity contribution in [3.8, 4) is 0 Å². The molecular weight excluding hydrogens is 310 g/mol. The number of aryl methyl sites for hydroxylation is 2. The Morgan fingerprint density at radius 1 is 1.46 bits per heavy atom. The number of benzene rings is 1. The molecule has 1 aromatic heterocycles. The highest BCUT2D eigenvalue weighted by Gasteiger charge is 2.32. The number of carbonyl (C=O) groups excluding carboxylic acids is 2. The van der Waals surface area contributed by atoms with Crippen LogP contribution < -0.4 is 10.2 Å². The van der Waals surface area contributed by atoms with Crippen LogP contribution in [-0.2, 0) is 11.4 Å². The number of nitrogens with zero attached hydrogens (tertiary/aromatic N) is 2. The molecule has 0 spiro atoms. The summed E-state index contributed by atoms with van der Waals surface area (Å²) in [6, 6.07) is 7.36. The molecule has 1 aliphatic rings. The molecule has 1 fully saturated rings. The first-order valence-electron chi connectivity index (χ1n) is 7.73. The Labute approximate surface area is 139 Å². The van der Waals surface area contributed by atoms with Crippen LogP contribution in [0.2, 0.25) is 0 Å². The largest absolute Gasteiger partial charge is 0.391 e. The summed E-state index contributed by atoms with van der Waals surface area (Å²) >= 11 is 0. The average Bonchev–Trinajstić information content (AvgIpc) is 3.09. The van der Waals surface area contributed by atoms with Gasteiger partial charge in [0.05, 0.1) is 18.2 Å². The third-order valence-electron chi connectivity index (χ3n) is 4.13. The summed E-state index contributed by atoms with van der Waals surface area (Å²) in [4.78, 5) is 26.2. The second kappa shape index (κ2) is 6.45. The lowest BCUT2D eigenvalue weighted by Gasteiger charge is -2.17. The van der Waals surface area contributed by atoms with Crippen LogP contribution in [0.5, 0.6) is 0 Å². The summed E-state index contributed by atoms with van der Waals surface area (Å²) in [5, 5.41) is 15.8. The lowest BCUT2D eigenvalue weighted by molar-refractivity contribution is -0.117. The van der Waals surface area contributed by atoms with E-state index in [0.29, 0.717) is 17.9 Å². The van der Waals surface area contributed by atoms with Gasteiger partial charge in [0.1, 0.15) is 5.76 Å². The minimum absolute atomic E-state index is 0.0374. The fraction of sp³-hybridized carbons (Fsp3) is 0.353. The fourth-order valence-corrected chi connectivity index (χ4v) is 2.86. The van der Waals surface area contributed by atoms with E-state index in [2.05, 4.69) is 10.5 Å². The molecule has 0 radical (unpaired) electrons. The molecule has 1 saturated heterocycles. The second-order valence-corrected chi connectivity index (χ2v) is 5.94. The highest BCUT2D eigenvalue weighted by molar-refractivity contribution is 5.98. The zero-order chi connectivity index (χ0) is 17.3. The van der Waals surface area contributed by atoms with E-state index in [4.69, 9.17) is 4.52 Å². The molecule has 2 aromatic rings. The number of carbonyl (C=O) groups is 2. The molecule has 126 valence electrons. The Morgan fingerprint density at radius 2 is 2.25 bits per heavy atom. The van der Waals surface area contributed by atoms with Crippen molar-refractivity contribution in [1.29, 1.82) is 0 Å². The Hall–Kier alpha value is -2.67. The van der Waals surface area contributed by atoms with Crippen molar-refractivity contribution in [2.45, 2.75) is 32.9 Å².